The lowest BCUT2D eigenvalue weighted by molar-refractivity contribution is -0.146. The van der Waals surface area contributed by atoms with Gasteiger partial charge in [0.2, 0.25) is 0 Å². The summed E-state index contributed by atoms with van der Waals surface area (Å²) in [6.45, 7) is 4.52. The second-order valence-corrected chi connectivity index (χ2v) is 7.63. The molecule has 170 valence electrons. The molecule has 0 amide bonds. The zero-order chi connectivity index (χ0) is 22.6. The van der Waals surface area contributed by atoms with E-state index in [4.69, 9.17) is 4.74 Å². The zero-order valence-electron chi connectivity index (χ0n) is 17.6. The Kier molecular flexibility index (Phi) is 6.71. The van der Waals surface area contributed by atoms with Gasteiger partial charge in [-0.1, -0.05) is 30.3 Å². The van der Waals surface area contributed by atoms with Crippen LogP contribution in [0.4, 0.5) is 13.2 Å². The Labute approximate surface area is 184 Å². The number of ether oxygens (including phenoxy) is 1. The first-order valence-electron chi connectivity index (χ1n) is 10.6. The predicted octanol–water partition coefficient (Wildman–Crippen LogP) is 3.32. The molecular formula is C22H25F3N6O. The van der Waals surface area contributed by atoms with Crippen LogP contribution in [-0.4, -0.2) is 45.9 Å². The van der Waals surface area contributed by atoms with Gasteiger partial charge in [-0.05, 0) is 54.1 Å². The summed E-state index contributed by atoms with van der Waals surface area (Å²) in [6.07, 6.45) is -3.72. The largest absolute Gasteiger partial charge is 0.494 e. The third kappa shape index (κ3) is 4.91. The van der Waals surface area contributed by atoms with Crippen molar-refractivity contribution in [3.63, 3.8) is 0 Å². The summed E-state index contributed by atoms with van der Waals surface area (Å²) in [5, 5.41) is 16.9. The van der Waals surface area contributed by atoms with Crippen molar-refractivity contribution < 1.29 is 17.9 Å². The fraction of sp³-hybridized carbons (Fsp3) is 0.409. The summed E-state index contributed by atoms with van der Waals surface area (Å²) in [5.74, 6) is -0.251. The number of piperidine rings is 1. The molecule has 1 fully saturated rings. The molecule has 1 saturated heterocycles. The quantitative estimate of drug-likeness (QED) is 0.580. The van der Waals surface area contributed by atoms with Gasteiger partial charge in [-0.25, -0.2) is 0 Å². The second kappa shape index (κ2) is 9.66. The van der Waals surface area contributed by atoms with Gasteiger partial charge >= 0.3 is 6.18 Å². The van der Waals surface area contributed by atoms with Crippen molar-refractivity contribution in [3.8, 4) is 11.4 Å². The molecule has 0 radical (unpaired) electrons. The normalized spacial score (nSPS) is 19.1. The molecule has 0 saturated carbocycles. The lowest BCUT2D eigenvalue weighted by Crippen LogP contribution is -2.45. The van der Waals surface area contributed by atoms with Crippen molar-refractivity contribution in [1.29, 1.82) is 0 Å². The Morgan fingerprint density at radius 1 is 1.19 bits per heavy atom. The number of alkyl halides is 3. The van der Waals surface area contributed by atoms with Gasteiger partial charge < -0.3 is 15.4 Å². The Hall–Kier alpha value is -2.98. The van der Waals surface area contributed by atoms with Gasteiger partial charge in [-0.3, -0.25) is 0 Å². The minimum atomic E-state index is -4.65. The summed E-state index contributed by atoms with van der Waals surface area (Å²) in [7, 11) is 0. The molecule has 0 spiro atoms. The molecule has 1 aliphatic rings. The number of aromatic nitrogens is 4. The monoisotopic (exact) mass is 446 g/mol. The van der Waals surface area contributed by atoms with Crippen LogP contribution in [0.5, 0.6) is 5.75 Å². The predicted molar refractivity (Wildman–Crippen MR) is 113 cm³/mol. The van der Waals surface area contributed by atoms with E-state index in [9.17, 15) is 13.2 Å². The fourth-order valence-corrected chi connectivity index (χ4v) is 4.06. The van der Waals surface area contributed by atoms with E-state index < -0.39 is 12.0 Å². The van der Waals surface area contributed by atoms with E-state index in [0.717, 1.165) is 25.1 Å². The molecule has 3 aromatic rings. The van der Waals surface area contributed by atoms with Crippen molar-refractivity contribution in [2.75, 3.05) is 19.7 Å². The maximum atomic E-state index is 13.3. The average molecular weight is 446 g/mol. The summed E-state index contributed by atoms with van der Waals surface area (Å²) in [4.78, 5) is 0. The Balaban J connectivity index is 1.58. The number of nitrogens with one attached hydrogen (secondary N) is 2. The molecule has 1 aliphatic heterocycles. The van der Waals surface area contributed by atoms with Crippen LogP contribution in [0.15, 0.2) is 48.5 Å². The molecule has 10 heteroatoms. The molecule has 4 rings (SSSR count). The van der Waals surface area contributed by atoms with Crippen LogP contribution in [0, 0.1) is 0 Å². The van der Waals surface area contributed by atoms with E-state index in [0.29, 0.717) is 29.5 Å². The number of hydrogen-bond acceptors (Lipinski definition) is 6. The molecule has 2 N–H and O–H groups in total. The molecular weight excluding hydrogens is 421 g/mol. The van der Waals surface area contributed by atoms with E-state index in [1.54, 1.807) is 12.1 Å². The first-order chi connectivity index (χ1) is 15.5. The SMILES string of the molecule is CCOc1ccc(-n2nnnc2C(F)(F)F)cc1CNC1CCNCC1c1ccccc1. The van der Waals surface area contributed by atoms with Gasteiger partial charge in [0, 0.05) is 30.6 Å². The highest BCUT2D eigenvalue weighted by atomic mass is 19.4. The van der Waals surface area contributed by atoms with Crippen LogP contribution < -0.4 is 15.4 Å². The van der Waals surface area contributed by atoms with E-state index in [1.807, 2.05) is 25.1 Å². The molecule has 2 atom stereocenters. The third-order valence-corrected chi connectivity index (χ3v) is 5.58. The molecule has 32 heavy (non-hydrogen) atoms. The topological polar surface area (TPSA) is 76.9 Å². The standard InChI is InChI=1S/C22H25F3N6O/c1-2-32-20-9-8-17(31-21(22(23,24)25)28-29-30-31)12-16(20)13-27-19-10-11-26-14-18(19)15-6-4-3-5-7-15/h3-9,12,18-19,26-27H,2,10-11,13-14H2,1H3. The van der Waals surface area contributed by atoms with Gasteiger partial charge in [0.05, 0.1) is 12.3 Å². The van der Waals surface area contributed by atoms with Crippen molar-refractivity contribution in [2.24, 2.45) is 0 Å². The zero-order valence-corrected chi connectivity index (χ0v) is 17.6. The summed E-state index contributed by atoms with van der Waals surface area (Å²) in [5.41, 5.74) is 2.23. The molecule has 7 nitrogen and oxygen atoms in total. The number of rotatable bonds is 7. The first kappa shape index (κ1) is 22.2. The van der Waals surface area contributed by atoms with E-state index in [-0.39, 0.29) is 11.7 Å². The van der Waals surface area contributed by atoms with Crippen molar-refractivity contribution in [3.05, 3.63) is 65.5 Å². The molecule has 2 unspecified atom stereocenters. The van der Waals surface area contributed by atoms with Gasteiger partial charge in [-0.2, -0.15) is 17.9 Å². The van der Waals surface area contributed by atoms with E-state index in [2.05, 4.69) is 38.3 Å². The van der Waals surface area contributed by atoms with Crippen LogP contribution in [0.25, 0.3) is 5.69 Å². The van der Waals surface area contributed by atoms with Gasteiger partial charge in [0.15, 0.2) is 0 Å². The number of tetrazole rings is 1. The third-order valence-electron chi connectivity index (χ3n) is 5.58. The van der Waals surface area contributed by atoms with Gasteiger partial charge in [-0.15, -0.1) is 5.10 Å². The highest BCUT2D eigenvalue weighted by molar-refractivity contribution is 5.44. The summed E-state index contributed by atoms with van der Waals surface area (Å²) >= 11 is 0. The van der Waals surface area contributed by atoms with Gasteiger partial charge in [0.25, 0.3) is 5.82 Å². The molecule has 1 aromatic heterocycles. The number of benzene rings is 2. The lowest BCUT2D eigenvalue weighted by atomic mass is 9.87. The first-order valence-corrected chi connectivity index (χ1v) is 10.6. The molecule has 2 heterocycles. The van der Waals surface area contributed by atoms with Crippen molar-refractivity contribution in [1.82, 2.24) is 30.8 Å². The summed E-state index contributed by atoms with van der Waals surface area (Å²) < 4.78 is 46.2. The van der Waals surface area contributed by atoms with Crippen LogP contribution >= 0.6 is 0 Å². The Morgan fingerprint density at radius 3 is 2.75 bits per heavy atom. The van der Waals surface area contributed by atoms with Crippen LogP contribution in [0.3, 0.4) is 0 Å². The fourth-order valence-electron chi connectivity index (χ4n) is 4.06. The second-order valence-electron chi connectivity index (χ2n) is 7.63. The molecule has 0 aliphatic carbocycles. The maximum Gasteiger partial charge on any atom is 0.453 e. The Bertz CT molecular complexity index is 1020. The van der Waals surface area contributed by atoms with Crippen LogP contribution in [0.2, 0.25) is 0 Å². The highest BCUT2D eigenvalue weighted by Crippen LogP contribution is 2.30. The Morgan fingerprint density at radius 2 is 2.00 bits per heavy atom. The van der Waals surface area contributed by atoms with E-state index in [1.165, 1.54) is 11.6 Å². The highest BCUT2D eigenvalue weighted by Gasteiger charge is 2.38. The molecule has 0 bridgehead atoms. The minimum absolute atomic E-state index is 0.218. The number of hydrogen-bond donors (Lipinski definition) is 2. The maximum absolute atomic E-state index is 13.3. The van der Waals surface area contributed by atoms with Crippen molar-refractivity contribution in [2.45, 2.75) is 38.0 Å². The molecule has 2 aromatic carbocycles. The van der Waals surface area contributed by atoms with Crippen LogP contribution in [0.1, 0.15) is 36.2 Å². The smallest absolute Gasteiger partial charge is 0.453 e. The number of nitrogens with zero attached hydrogens (tertiary/aromatic N) is 4. The van der Waals surface area contributed by atoms with Crippen molar-refractivity contribution >= 4 is 0 Å². The number of halogens is 3. The summed E-state index contributed by atoms with van der Waals surface area (Å²) in [6, 6.07) is 15.3. The van der Waals surface area contributed by atoms with E-state index >= 15 is 0 Å². The average Bonchev–Trinajstić information content (AvgIpc) is 3.30. The lowest BCUT2D eigenvalue weighted by Gasteiger charge is -2.33. The van der Waals surface area contributed by atoms with Crippen LogP contribution in [-0.2, 0) is 12.7 Å². The minimum Gasteiger partial charge on any atom is -0.494 e. The van der Waals surface area contributed by atoms with Gasteiger partial charge in [0.1, 0.15) is 5.75 Å².